The van der Waals surface area contributed by atoms with Crippen LogP contribution in [0.1, 0.15) is 18.4 Å². The van der Waals surface area contributed by atoms with Crippen LogP contribution in [0.15, 0.2) is 28.7 Å². The van der Waals surface area contributed by atoms with E-state index in [-0.39, 0.29) is 0 Å². The first-order valence-corrected chi connectivity index (χ1v) is 6.15. The van der Waals surface area contributed by atoms with E-state index >= 15 is 0 Å². The van der Waals surface area contributed by atoms with Crippen LogP contribution in [-0.2, 0) is 6.42 Å². The molecule has 0 aromatic heterocycles. The van der Waals surface area contributed by atoms with Gasteiger partial charge in [-0.2, -0.15) is 0 Å². The van der Waals surface area contributed by atoms with Gasteiger partial charge in [-0.15, -0.1) is 0 Å². The molecule has 1 aromatic rings. The van der Waals surface area contributed by atoms with Crippen LogP contribution in [0.2, 0.25) is 0 Å². The normalized spacial score (nSPS) is 20.1. The molecule has 0 bridgehead atoms. The Hall–Kier alpha value is -0.380. The highest BCUT2D eigenvalue weighted by atomic mass is 79.9. The maximum Gasteiger partial charge on any atom is 0.0712 e. The van der Waals surface area contributed by atoms with Gasteiger partial charge in [0.2, 0.25) is 0 Å². The third kappa shape index (κ3) is 2.80. The number of nitrogens with one attached hydrogen (secondary N) is 1. The molecule has 2 rings (SSSR count). The molecule has 2 N–H and O–H groups in total. The summed E-state index contributed by atoms with van der Waals surface area (Å²) >= 11 is 3.52. The highest BCUT2D eigenvalue weighted by molar-refractivity contribution is 9.10. The van der Waals surface area contributed by atoms with Gasteiger partial charge in [-0.25, -0.2) is 0 Å². The van der Waals surface area contributed by atoms with Crippen LogP contribution in [0.4, 0.5) is 0 Å². The molecule has 1 heterocycles. The minimum atomic E-state index is -0.519. The summed E-state index contributed by atoms with van der Waals surface area (Å²) < 4.78 is 1.09. The second kappa shape index (κ2) is 4.64. The van der Waals surface area contributed by atoms with Crippen LogP contribution in [0.3, 0.4) is 0 Å². The van der Waals surface area contributed by atoms with Crippen molar-refractivity contribution < 1.29 is 5.11 Å². The van der Waals surface area contributed by atoms with Gasteiger partial charge < -0.3 is 10.4 Å². The number of benzene rings is 1. The van der Waals surface area contributed by atoms with Crippen molar-refractivity contribution in [3.05, 3.63) is 34.3 Å². The van der Waals surface area contributed by atoms with E-state index in [1.54, 1.807) is 0 Å². The molecule has 1 saturated heterocycles. The van der Waals surface area contributed by atoms with Crippen LogP contribution < -0.4 is 5.32 Å². The summed E-state index contributed by atoms with van der Waals surface area (Å²) in [5.41, 5.74) is 0.677. The van der Waals surface area contributed by atoms with Crippen molar-refractivity contribution in [1.82, 2.24) is 5.32 Å². The molecule has 3 heteroatoms. The molecular weight excluding hydrogens is 254 g/mol. The number of rotatable bonds is 2. The minimum Gasteiger partial charge on any atom is -0.389 e. The Morgan fingerprint density at radius 1 is 1.27 bits per heavy atom. The first kappa shape index (κ1) is 11.1. The fourth-order valence-electron chi connectivity index (χ4n) is 2.07. The Bertz CT molecular complexity index is 334. The summed E-state index contributed by atoms with van der Waals surface area (Å²) in [4.78, 5) is 0. The smallest absolute Gasteiger partial charge is 0.0712 e. The van der Waals surface area contributed by atoms with Crippen molar-refractivity contribution in [2.45, 2.75) is 24.9 Å². The first-order valence-electron chi connectivity index (χ1n) is 5.36. The zero-order chi connectivity index (χ0) is 10.7. The van der Waals surface area contributed by atoms with Gasteiger partial charge in [0.05, 0.1) is 5.60 Å². The van der Waals surface area contributed by atoms with Gasteiger partial charge in [-0.1, -0.05) is 34.1 Å². The molecule has 0 unspecified atom stereocenters. The van der Waals surface area contributed by atoms with Gasteiger partial charge in [0.1, 0.15) is 0 Å². The second-order valence-corrected chi connectivity index (χ2v) is 5.10. The van der Waals surface area contributed by atoms with Crippen molar-refractivity contribution in [3.63, 3.8) is 0 Å². The average molecular weight is 270 g/mol. The Kier molecular flexibility index (Phi) is 3.44. The monoisotopic (exact) mass is 269 g/mol. The topological polar surface area (TPSA) is 32.3 Å². The van der Waals surface area contributed by atoms with Gasteiger partial charge in [-0.3, -0.25) is 0 Å². The maximum absolute atomic E-state index is 10.4. The molecule has 0 saturated carbocycles. The first-order chi connectivity index (χ1) is 7.20. The fourth-order valence-corrected chi connectivity index (χ4v) is 2.49. The van der Waals surface area contributed by atoms with E-state index in [1.807, 2.05) is 18.2 Å². The van der Waals surface area contributed by atoms with Crippen LogP contribution in [-0.4, -0.2) is 23.8 Å². The van der Waals surface area contributed by atoms with Crippen molar-refractivity contribution in [2.24, 2.45) is 0 Å². The molecule has 0 aliphatic carbocycles. The molecule has 82 valence electrons. The molecule has 0 radical (unpaired) electrons. The summed E-state index contributed by atoms with van der Waals surface area (Å²) in [5.74, 6) is 0. The molecule has 1 aliphatic heterocycles. The van der Waals surface area contributed by atoms with Crippen molar-refractivity contribution >= 4 is 15.9 Å². The van der Waals surface area contributed by atoms with Gasteiger partial charge in [0.15, 0.2) is 0 Å². The summed E-state index contributed by atoms with van der Waals surface area (Å²) in [6, 6.07) is 8.12. The van der Waals surface area contributed by atoms with E-state index in [4.69, 9.17) is 0 Å². The largest absolute Gasteiger partial charge is 0.389 e. The van der Waals surface area contributed by atoms with E-state index in [1.165, 1.54) is 5.56 Å². The lowest BCUT2D eigenvalue weighted by molar-refractivity contribution is 0.0107. The van der Waals surface area contributed by atoms with Crippen LogP contribution in [0.5, 0.6) is 0 Å². The molecule has 2 nitrogen and oxygen atoms in total. The highest BCUT2D eigenvalue weighted by Gasteiger charge is 2.29. The predicted octanol–water partition coefficient (Wildman–Crippen LogP) is 2.11. The summed E-state index contributed by atoms with van der Waals surface area (Å²) in [6.07, 6.45) is 2.43. The van der Waals surface area contributed by atoms with E-state index in [2.05, 4.69) is 27.3 Å². The van der Waals surface area contributed by atoms with Crippen LogP contribution in [0, 0.1) is 0 Å². The molecule has 1 aliphatic rings. The van der Waals surface area contributed by atoms with E-state index in [0.717, 1.165) is 36.8 Å². The Balaban J connectivity index is 2.10. The third-order valence-corrected chi connectivity index (χ3v) is 3.79. The predicted molar refractivity (Wildman–Crippen MR) is 64.9 cm³/mol. The SMILES string of the molecule is OC1(Cc2ccccc2Br)CCNCC1. The fraction of sp³-hybridized carbons (Fsp3) is 0.500. The third-order valence-electron chi connectivity index (χ3n) is 3.01. The summed E-state index contributed by atoms with van der Waals surface area (Å²) in [6.45, 7) is 1.84. The van der Waals surface area contributed by atoms with Crippen molar-refractivity contribution in [3.8, 4) is 0 Å². The molecule has 0 atom stereocenters. The Morgan fingerprint density at radius 2 is 1.93 bits per heavy atom. The zero-order valence-electron chi connectivity index (χ0n) is 8.67. The second-order valence-electron chi connectivity index (χ2n) is 4.24. The molecule has 15 heavy (non-hydrogen) atoms. The van der Waals surface area contributed by atoms with Crippen molar-refractivity contribution in [2.75, 3.05) is 13.1 Å². The van der Waals surface area contributed by atoms with Gasteiger partial charge in [0.25, 0.3) is 0 Å². The molecule has 1 fully saturated rings. The molecule has 1 aromatic carbocycles. The quantitative estimate of drug-likeness (QED) is 0.862. The van der Waals surface area contributed by atoms with E-state index in [0.29, 0.717) is 0 Å². The number of hydrogen-bond donors (Lipinski definition) is 2. The van der Waals surface area contributed by atoms with Crippen LogP contribution >= 0.6 is 15.9 Å². The van der Waals surface area contributed by atoms with E-state index < -0.39 is 5.60 Å². The number of aliphatic hydroxyl groups is 1. The molecule has 0 spiro atoms. The standard InChI is InChI=1S/C12H16BrNO/c13-11-4-2-1-3-10(11)9-12(15)5-7-14-8-6-12/h1-4,14-15H,5-9H2. The van der Waals surface area contributed by atoms with Gasteiger partial charge in [-0.05, 0) is 37.6 Å². The lowest BCUT2D eigenvalue weighted by atomic mass is 9.86. The maximum atomic E-state index is 10.4. The lowest BCUT2D eigenvalue weighted by Gasteiger charge is -2.32. The zero-order valence-corrected chi connectivity index (χ0v) is 10.3. The highest BCUT2D eigenvalue weighted by Crippen LogP contribution is 2.26. The summed E-state index contributed by atoms with van der Waals surface area (Å²) in [7, 11) is 0. The molecule has 0 amide bonds. The lowest BCUT2D eigenvalue weighted by Crippen LogP contribution is -2.43. The number of halogens is 1. The Labute approximate surface area is 98.8 Å². The number of hydrogen-bond acceptors (Lipinski definition) is 2. The van der Waals surface area contributed by atoms with Gasteiger partial charge >= 0.3 is 0 Å². The van der Waals surface area contributed by atoms with E-state index in [9.17, 15) is 5.11 Å². The van der Waals surface area contributed by atoms with Crippen molar-refractivity contribution in [1.29, 1.82) is 0 Å². The van der Waals surface area contributed by atoms with Crippen LogP contribution in [0.25, 0.3) is 0 Å². The summed E-state index contributed by atoms with van der Waals surface area (Å²) in [5, 5.41) is 13.7. The molecular formula is C12H16BrNO. The average Bonchev–Trinajstić information content (AvgIpc) is 2.22. The van der Waals surface area contributed by atoms with Gasteiger partial charge in [0, 0.05) is 10.9 Å². The number of piperidine rings is 1. The Morgan fingerprint density at radius 3 is 2.60 bits per heavy atom. The minimum absolute atomic E-state index is 0.519.